The fourth-order valence-corrected chi connectivity index (χ4v) is 3.39. The lowest BCUT2D eigenvalue weighted by atomic mass is 10.1. The second-order valence-electron chi connectivity index (χ2n) is 6.82. The summed E-state index contributed by atoms with van der Waals surface area (Å²) in [5.74, 6) is 0.684. The van der Waals surface area contributed by atoms with E-state index in [2.05, 4.69) is 34.2 Å². The molecule has 1 saturated heterocycles. The Bertz CT molecular complexity index is 954. The van der Waals surface area contributed by atoms with Gasteiger partial charge in [-0.3, -0.25) is 9.69 Å². The van der Waals surface area contributed by atoms with Crippen LogP contribution in [0, 0.1) is 6.92 Å². The summed E-state index contributed by atoms with van der Waals surface area (Å²) in [4.78, 5) is 21.4. The number of hydrogen-bond donors (Lipinski definition) is 0. The Morgan fingerprint density at radius 2 is 1.89 bits per heavy atom. The van der Waals surface area contributed by atoms with E-state index in [1.165, 1.54) is 5.56 Å². The second-order valence-corrected chi connectivity index (χ2v) is 6.82. The summed E-state index contributed by atoms with van der Waals surface area (Å²) in [7, 11) is 0. The third-order valence-corrected chi connectivity index (χ3v) is 4.87. The van der Waals surface area contributed by atoms with Crippen LogP contribution in [0.25, 0.3) is 17.2 Å². The van der Waals surface area contributed by atoms with Crippen molar-refractivity contribution in [3.63, 3.8) is 0 Å². The van der Waals surface area contributed by atoms with E-state index in [4.69, 9.17) is 4.42 Å². The van der Waals surface area contributed by atoms with Crippen molar-refractivity contribution in [3.8, 4) is 0 Å². The molecule has 4 rings (SSSR count). The number of nitrogens with zero attached hydrogens (tertiary/aromatic N) is 3. The first-order valence-electron chi connectivity index (χ1n) is 9.29. The Kier molecular flexibility index (Phi) is 5.03. The molecule has 5 nitrogen and oxygen atoms in total. The molecule has 1 aliphatic rings. The van der Waals surface area contributed by atoms with Crippen molar-refractivity contribution < 1.29 is 9.21 Å². The van der Waals surface area contributed by atoms with Gasteiger partial charge in [0, 0.05) is 45.2 Å². The molecule has 1 fully saturated rings. The monoisotopic (exact) mass is 361 g/mol. The molecular weight excluding hydrogens is 338 g/mol. The van der Waals surface area contributed by atoms with E-state index in [-0.39, 0.29) is 5.91 Å². The molecule has 27 heavy (non-hydrogen) atoms. The highest BCUT2D eigenvalue weighted by Gasteiger charge is 2.22. The van der Waals surface area contributed by atoms with Crippen molar-refractivity contribution in [3.05, 3.63) is 71.6 Å². The van der Waals surface area contributed by atoms with Gasteiger partial charge in [-0.15, -0.1) is 0 Å². The molecule has 0 saturated carbocycles. The van der Waals surface area contributed by atoms with Gasteiger partial charge in [-0.2, -0.15) is 0 Å². The van der Waals surface area contributed by atoms with Crippen LogP contribution in [0.5, 0.6) is 0 Å². The van der Waals surface area contributed by atoms with E-state index < -0.39 is 0 Å². The van der Waals surface area contributed by atoms with Gasteiger partial charge in [0.15, 0.2) is 11.5 Å². The lowest BCUT2D eigenvalue weighted by Gasteiger charge is -2.34. The number of carbonyl (C=O) groups is 1. The van der Waals surface area contributed by atoms with Crippen molar-refractivity contribution in [2.45, 2.75) is 6.92 Å². The number of fused-ring (bicyclic) bond motifs is 1. The van der Waals surface area contributed by atoms with Crippen LogP contribution in [0.15, 0.2) is 59.0 Å². The molecule has 0 aliphatic carbocycles. The number of aromatic nitrogens is 1. The third kappa shape index (κ3) is 4.09. The molecule has 5 heteroatoms. The average molecular weight is 361 g/mol. The zero-order chi connectivity index (χ0) is 18.6. The fraction of sp³-hybridized carbons (Fsp3) is 0.273. The maximum Gasteiger partial charge on any atom is 0.254 e. The number of carbonyl (C=O) groups excluding carboxylic acids is 1. The summed E-state index contributed by atoms with van der Waals surface area (Å²) >= 11 is 0. The zero-order valence-corrected chi connectivity index (χ0v) is 15.5. The average Bonchev–Trinajstić information content (AvgIpc) is 3.08. The number of benzene rings is 2. The quantitative estimate of drug-likeness (QED) is 0.712. The highest BCUT2D eigenvalue weighted by molar-refractivity contribution is 5.97. The molecule has 0 N–H and O–H groups in total. The third-order valence-electron chi connectivity index (χ3n) is 4.87. The zero-order valence-electron chi connectivity index (χ0n) is 15.5. The van der Waals surface area contributed by atoms with E-state index in [9.17, 15) is 4.79 Å². The Morgan fingerprint density at radius 1 is 1.11 bits per heavy atom. The highest BCUT2D eigenvalue weighted by atomic mass is 16.3. The summed E-state index contributed by atoms with van der Waals surface area (Å²) in [6.45, 7) is 5.97. The first kappa shape index (κ1) is 17.5. The van der Waals surface area contributed by atoms with Crippen molar-refractivity contribution in [1.82, 2.24) is 14.8 Å². The van der Waals surface area contributed by atoms with Crippen LogP contribution in [0.1, 0.15) is 21.8 Å². The van der Waals surface area contributed by atoms with Gasteiger partial charge >= 0.3 is 0 Å². The van der Waals surface area contributed by atoms with Crippen LogP contribution >= 0.6 is 0 Å². The van der Waals surface area contributed by atoms with Crippen LogP contribution < -0.4 is 0 Å². The number of piperazine rings is 1. The molecule has 2 heterocycles. The van der Waals surface area contributed by atoms with E-state index in [1.54, 1.807) is 0 Å². The predicted molar refractivity (Wildman–Crippen MR) is 107 cm³/mol. The van der Waals surface area contributed by atoms with Gasteiger partial charge in [-0.05, 0) is 23.8 Å². The number of rotatable bonds is 4. The highest BCUT2D eigenvalue weighted by Crippen LogP contribution is 2.18. The van der Waals surface area contributed by atoms with Crippen molar-refractivity contribution >= 4 is 23.1 Å². The molecule has 0 spiro atoms. The smallest absolute Gasteiger partial charge is 0.254 e. The normalized spacial score (nSPS) is 15.7. The van der Waals surface area contributed by atoms with E-state index in [0.717, 1.165) is 43.8 Å². The molecule has 138 valence electrons. The van der Waals surface area contributed by atoms with Crippen LogP contribution in [-0.4, -0.2) is 53.4 Å². The van der Waals surface area contributed by atoms with E-state index in [1.807, 2.05) is 48.2 Å². The number of amides is 1. The molecule has 0 atom stereocenters. The fourth-order valence-electron chi connectivity index (χ4n) is 3.39. The van der Waals surface area contributed by atoms with Crippen LogP contribution in [0.3, 0.4) is 0 Å². The number of aryl methyl sites for hydroxylation is 1. The first-order chi connectivity index (χ1) is 13.2. The summed E-state index contributed by atoms with van der Waals surface area (Å²) in [6.07, 6.45) is 4.33. The second kappa shape index (κ2) is 7.76. The van der Waals surface area contributed by atoms with E-state index in [0.29, 0.717) is 11.5 Å². The lowest BCUT2D eigenvalue weighted by Crippen LogP contribution is -2.48. The topological polar surface area (TPSA) is 49.6 Å². The summed E-state index contributed by atoms with van der Waals surface area (Å²) in [6, 6.07) is 15.8. The SMILES string of the molecule is Cc1nc2cc(C(=O)N3CCN(C/C=C/c4ccccc4)CC3)ccc2o1. The van der Waals surface area contributed by atoms with Gasteiger partial charge in [0.1, 0.15) is 5.52 Å². The Balaban J connectivity index is 1.32. The molecule has 3 aromatic rings. The number of hydrogen-bond acceptors (Lipinski definition) is 4. The van der Waals surface area contributed by atoms with Crippen LogP contribution in [0.2, 0.25) is 0 Å². The minimum Gasteiger partial charge on any atom is -0.441 e. The summed E-state index contributed by atoms with van der Waals surface area (Å²) in [5.41, 5.74) is 3.35. The first-order valence-corrected chi connectivity index (χ1v) is 9.29. The Labute approximate surface area is 158 Å². The summed E-state index contributed by atoms with van der Waals surface area (Å²) in [5, 5.41) is 0. The van der Waals surface area contributed by atoms with Gasteiger partial charge in [0.05, 0.1) is 0 Å². The molecule has 1 aromatic heterocycles. The van der Waals surface area contributed by atoms with E-state index >= 15 is 0 Å². The number of oxazole rings is 1. The molecule has 0 radical (unpaired) electrons. The Morgan fingerprint density at radius 3 is 2.67 bits per heavy atom. The van der Waals surface area contributed by atoms with Gasteiger partial charge in [-0.1, -0.05) is 42.5 Å². The molecule has 0 unspecified atom stereocenters. The standard InChI is InChI=1S/C22H23N3O2/c1-17-23-20-16-19(9-10-21(20)27-17)22(26)25-14-12-24(13-15-25)11-5-8-18-6-3-2-4-7-18/h2-10,16H,11-15H2,1H3/b8-5+. The van der Waals surface area contributed by atoms with Crippen LogP contribution in [-0.2, 0) is 0 Å². The minimum absolute atomic E-state index is 0.0667. The van der Waals surface area contributed by atoms with Gasteiger partial charge in [-0.25, -0.2) is 4.98 Å². The van der Waals surface area contributed by atoms with Crippen LogP contribution in [0.4, 0.5) is 0 Å². The van der Waals surface area contributed by atoms with Gasteiger partial charge < -0.3 is 9.32 Å². The molecule has 0 bridgehead atoms. The van der Waals surface area contributed by atoms with Gasteiger partial charge in [0.2, 0.25) is 0 Å². The largest absolute Gasteiger partial charge is 0.441 e. The molecule has 1 amide bonds. The Hall–Kier alpha value is -2.92. The van der Waals surface area contributed by atoms with Crippen molar-refractivity contribution in [2.75, 3.05) is 32.7 Å². The predicted octanol–water partition coefficient (Wildman–Crippen LogP) is 3.61. The molecule has 2 aromatic carbocycles. The lowest BCUT2D eigenvalue weighted by molar-refractivity contribution is 0.0650. The summed E-state index contributed by atoms with van der Waals surface area (Å²) < 4.78 is 5.48. The van der Waals surface area contributed by atoms with Gasteiger partial charge in [0.25, 0.3) is 5.91 Å². The maximum atomic E-state index is 12.8. The molecule has 1 aliphatic heterocycles. The van der Waals surface area contributed by atoms with Crippen molar-refractivity contribution in [1.29, 1.82) is 0 Å². The minimum atomic E-state index is 0.0667. The van der Waals surface area contributed by atoms with Crippen molar-refractivity contribution in [2.24, 2.45) is 0 Å². The molecular formula is C22H23N3O2. The maximum absolute atomic E-state index is 12.8.